The highest BCUT2D eigenvalue weighted by atomic mass is 16.1. The minimum atomic E-state index is 0.250. The van der Waals surface area contributed by atoms with Gasteiger partial charge in [-0.3, -0.25) is 14.4 Å². The third-order valence-electron chi connectivity index (χ3n) is 10.1. The fourth-order valence-electron chi connectivity index (χ4n) is 7.34. The summed E-state index contributed by atoms with van der Waals surface area (Å²) < 4.78 is 0. The van der Waals surface area contributed by atoms with Crippen molar-refractivity contribution in [2.75, 3.05) is 0 Å². The predicted molar refractivity (Wildman–Crippen MR) is 173 cm³/mol. The highest BCUT2D eigenvalue weighted by Gasteiger charge is 2.27. The van der Waals surface area contributed by atoms with E-state index in [2.05, 4.69) is 62.4 Å². The van der Waals surface area contributed by atoms with Gasteiger partial charge in [0, 0.05) is 37.5 Å². The molecule has 0 unspecified atom stereocenters. The van der Waals surface area contributed by atoms with E-state index in [9.17, 15) is 14.4 Å². The van der Waals surface area contributed by atoms with E-state index in [0.29, 0.717) is 36.2 Å². The first kappa shape index (κ1) is 32.4. The van der Waals surface area contributed by atoms with E-state index in [1.807, 2.05) is 0 Å². The van der Waals surface area contributed by atoms with Crippen LogP contribution in [0.2, 0.25) is 0 Å². The zero-order chi connectivity index (χ0) is 29.7. The Morgan fingerprint density at radius 2 is 0.881 bits per heavy atom. The Balaban J connectivity index is 1.18. The monoisotopic (exact) mass is 570 g/mol. The summed E-state index contributed by atoms with van der Waals surface area (Å²) in [5, 5.41) is 0. The summed E-state index contributed by atoms with van der Waals surface area (Å²) in [5.74, 6) is 2.84. The number of hydrogen-bond acceptors (Lipinski definition) is 3. The SMILES string of the molecule is CCCCCC(=O)C1CCC(c2ccc(CC(=O)Cc3ccc(C4CCC(C(=O)CCCCC)CC4)cc3)cc2)CC1. The molecule has 2 saturated carbocycles. The lowest BCUT2D eigenvalue weighted by Gasteiger charge is -2.28. The van der Waals surface area contributed by atoms with Gasteiger partial charge in [-0.2, -0.15) is 0 Å². The van der Waals surface area contributed by atoms with Crippen molar-refractivity contribution in [3.05, 3.63) is 70.8 Å². The summed E-state index contributed by atoms with van der Waals surface area (Å²) >= 11 is 0. The first-order valence-electron chi connectivity index (χ1n) is 17.2. The van der Waals surface area contributed by atoms with Crippen LogP contribution in [-0.2, 0) is 27.2 Å². The van der Waals surface area contributed by atoms with Crippen LogP contribution in [0.5, 0.6) is 0 Å². The third-order valence-corrected chi connectivity index (χ3v) is 10.1. The molecule has 0 radical (unpaired) electrons. The normalized spacial score (nSPS) is 22.5. The molecule has 0 saturated heterocycles. The second-order valence-electron chi connectivity index (χ2n) is 13.3. The van der Waals surface area contributed by atoms with Gasteiger partial charge in [-0.1, -0.05) is 88.1 Å². The Kier molecular flexibility index (Phi) is 13.0. The molecule has 0 aliphatic heterocycles. The van der Waals surface area contributed by atoms with Crippen molar-refractivity contribution < 1.29 is 14.4 Å². The molecule has 0 spiro atoms. The van der Waals surface area contributed by atoms with Gasteiger partial charge in [-0.25, -0.2) is 0 Å². The van der Waals surface area contributed by atoms with Gasteiger partial charge in [-0.05, 0) is 98.3 Å². The Hall–Kier alpha value is -2.55. The minimum Gasteiger partial charge on any atom is -0.299 e. The maximum absolute atomic E-state index is 12.9. The van der Waals surface area contributed by atoms with Gasteiger partial charge in [0.15, 0.2) is 0 Å². The first-order valence-corrected chi connectivity index (χ1v) is 17.2. The molecule has 2 aromatic carbocycles. The van der Waals surface area contributed by atoms with E-state index in [-0.39, 0.29) is 17.6 Å². The zero-order valence-corrected chi connectivity index (χ0v) is 26.4. The molecule has 3 nitrogen and oxygen atoms in total. The molecule has 0 amide bonds. The smallest absolute Gasteiger partial charge is 0.141 e. The number of Topliss-reactive ketones (excluding diaryl/α,β-unsaturated/α-hetero) is 3. The second-order valence-corrected chi connectivity index (χ2v) is 13.3. The lowest BCUT2D eigenvalue weighted by Crippen LogP contribution is -2.21. The number of unbranched alkanes of at least 4 members (excludes halogenated alkanes) is 4. The topological polar surface area (TPSA) is 51.2 Å². The molecule has 228 valence electrons. The maximum atomic E-state index is 12.9. The Labute approximate surface area is 255 Å². The van der Waals surface area contributed by atoms with Crippen molar-refractivity contribution in [3.8, 4) is 0 Å². The van der Waals surface area contributed by atoms with Gasteiger partial charge in [0.2, 0.25) is 0 Å². The molecule has 0 bridgehead atoms. The summed E-state index contributed by atoms with van der Waals surface area (Å²) in [6.07, 6.45) is 17.7. The lowest BCUT2D eigenvalue weighted by molar-refractivity contribution is -0.124. The van der Waals surface area contributed by atoms with Crippen LogP contribution in [0.4, 0.5) is 0 Å². The molecule has 3 heteroatoms. The fourth-order valence-corrected chi connectivity index (χ4v) is 7.34. The fraction of sp³-hybridized carbons (Fsp3) is 0.615. The van der Waals surface area contributed by atoms with Gasteiger partial charge < -0.3 is 0 Å². The van der Waals surface area contributed by atoms with E-state index in [1.165, 1.54) is 24.0 Å². The van der Waals surface area contributed by atoms with E-state index in [1.54, 1.807) is 0 Å². The van der Waals surface area contributed by atoms with Crippen LogP contribution in [0.25, 0.3) is 0 Å². The summed E-state index contributed by atoms with van der Waals surface area (Å²) in [4.78, 5) is 37.9. The van der Waals surface area contributed by atoms with Crippen LogP contribution in [0.1, 0.15) is 151 Å². The number of rotatable bonds is 16. The van der Waals surface area contributed by atoms with Gasteiger partial charge in [0.05, 0.1) is 0 Å². The van der Waals surface area contributed by atoms with E-state index in [4.69, 9.17) is 0 Å². The molecule has 4 rings (SSSR count). The van der Waals surface area contributed by atoms with Gasteiger partial charge >= 0.3 is 0 Å². The largest absolute Gasteiger partial charge is 0.299 e. The summed E-state index contributed by atoms with van der Waals surface area (Å²) in [7, 11) is 0. The van der Waals surface area contributed by atoms with Gasteiger partial charge in [-0.15, -0.1) is 0 Å². The van der Waals surface area contributed by atoms with Crippen molar-refractivity contribution in [1.29, 1.82) is 0 Å². The van der Waals surface area contributed by atoms with Gasteiger partial charge in [0.1, 0.15) is 17.3 Å². The van der Waals surface area contributed by atoms with Crippen LogP contribution in [0, 0.1) is 11.8 Å². The molecular weight excluding hydrogens is 516 g/mol. The second kappa shape index (κ2) is 16.9. The number of hydrogen-bond donors (Lipinski definition) is 0. The van der Waals surface area contributed by atoms with Crippen LogP contribution in [-0.4, -0.2) is 17.3 Å². The Morgan fingerprint density at radius 1 is 0.524 bits per heavy atom. The number of ketones is 3. The molecule has 0 atom stereocenters. The first-order chi connectivity index (χ1) is 20.5. The highest BCUT2D eigenvalue weighted by molar-refractivity contribution is 5.83. The molecule has 0 N–H and O–H groups in total. The van der Waals surface area contributed by atoms with Crippen LogP contribution < -0.4 is 0 Å². The molecule has 2 aliphatic carbocycles. The van der Waals surface area contributed by atoms with E-state index >= 15 is 0 Å². The molecular formula is C39H54O3. The quantitative estimate of drug-likeness (QED) is 0.189. The lowest BCUT2D eigenvalue weighted by atomic mass is 9.76. The average Bonchev–Trinajstić information content (AvgIpc) is 3.02. The Morgan fingerprint density at radius 3 is 1.21 bits per heavy atom. The average molecular weight is 571 g/mol. The van der Waals surface area contributed by atoms with Crippen LogP contribution in [0.3, 0.4) is 0 Å². The molecule has 0 heterocycles. The number of carbonyl (C=O) groups excluding carboxylic acids is 3. The molecule has 2 aliphatic rings. The molecule has 2 aromatic rings. The molecule has 2 fully saturated rings. The van der Waals surface area contributed by atoms with Crippen LogP contribution >= 0.6 is 0 Å². The number of benzene rings is 2. The van der Waals surface area contributed by atoms with Crippen molar-refractivity contribution in [1.82, 2.24) is 0 Å². The zero-order valence-electron chi connectivity index (χ0n) is 26.4. The third kappa shape index (κ3) is 9.75. The maximum Gasteiger partial charge on any atom is 0.141 e. The van der Waals surface area contributed by atoms with Gasteiger partial charge in [0.25, 0.3) is 0 Å². The number of carbonyl (C=O) groups is 3. The van der Waals surface area contributed by atoms with Crippen molar-refractivity contribution in [2.45, 2.75) is 141 Å². The molecule has 0 aromatic heterocycles. The minimum absolute atomic E-state index is 0.250. The van der Waals surface area contributed by atoms with E-state index in [0.717, 1.165) is 101 Å². The summed E-state index contributed by atoms with van der Waals surface area (Å²) in [6.45, 7) is 4.37. The van der Waals surface area contributed by atoms with Crippen molar-refractivity contribution in [3.63, 3.8) is 0 Å². The highest BCUT2D eigenvalue weighted by Crippen LogP contribution is 2.38. The predicted octanol–water partition coefficient (Wildman–Crippen LogP) is 9.89. The van der Waals surface area contributed by atoms with E-state index < -0.39 is 0 Å². The Bertz CT molecular complexity index is 1020. The van der Waals surface area contributed by atoms with Crippen LogP contribution in [0.15, 0.2) is 48.5 Å². The molecule has 42 heavy (non-hydrogen) atoms. The van der Waals surface area contributed by atoms with Crippen molar-refractivity contribution >= 4 is 17.3 Å². The standard InChI is InChI=1S/C39H54O3/c1-3-5-7-9-38(41)35-23-19-33(20-24-35)31-15-11-29(12-16-31)27-37(40)28-30-13-17-32(18-14-30)34-21-25-36(26-22-34)39(42)10-8-6-4-2/h11-18,33-36H,3-10,19-28H2,1-2H3. The van der Waals surface area contributed by atoms with Crippen molar-refractivity contribution in [2.24, 2.45) is 11.8 Å². The summed E-state index contributed by atoms with van der Waals surface area (Å²) in [6, 6.07) is 17.3. The summed E-state index contributed by atoms with van der Waals surface area (Å²) in [5.41, 5.74) is 4.88.